The first kappa shape index (κ1) is 23.7. The maximum absolute atomic E-state index is 12.7. The van der Waals surface area contributed by atoms with Gasteiger partial charge in [0.05, 0.1) is 29.2 Å². The predicted octanol–water partition coefficient (Wildman–Crippen LogP) is 2.52. The first-order valence-electron chi connectivity index (χ1n) is 9.39. The summed E-state index contributed by atoms with van der Waals surface area (Å²) >= 11 is 0. The van der Waals surface area contributed by atoms with Crippen molar-refractivity contribution in [2.24, 2.45) is 0 Å². The molecule has 2 aromatic carbocycles. The number of carbonyl (C=O) groups excluding carboxylic acids is 2. The molecule has 1 saturated heterocycles. The lowest BCUT2D eigenvalue weighted by molar-refractivity contribution is -0.137. The molecule has 172 valence electrons. The van der Waals surface area contributed by atoms with Crippen LogP contribution in [0, 0.1) is 0 Å². The molecule has 0 aliphatic carbocycles. The van der Waals surface area contributed by atoms with Gasteiger partial charge >= 0.3 is 12.1 Å². The number of halogens is 3. The maximum atomic E-state index is 12.7. The smallest absolute Gasteiger partial charge is 0.416 e. The van der Waals surface area contributed by atoms with Gasteiger partial charge in [-0.2, -0.15) is 17.5 Å². The highest BCUT2D eigenvalue weighted by Gasteiger charge is 2.30. The number of amides is 1. The minimum atomic E-state index is -4.56. The van der Waals surface area contributed by atoms with Crippen molar-refractivity contribution < 1.29 is 40.7 Å². The van der Waals surface area contributed by atoms with Crippen molar-refractivity contribution in [3.05, 3.63) is 59.7 Å². The van der Waals surface area contributed by atoms with E-state index in [9.17, 15) is 31.2 Å². The number of benzene rings is 2. The number of hydrogen-bond donors (Lipinski definition) is 1. The largest absolute Gasteiger partial charge is 0.452 e. The Morgan fingerprint density at radius 2 is 1.72 bits per heavy atom. The van der Waals surface area contributed by atoms with Crippen LogP contribution in [-0.2, 0) is 30.5 Å². The van der Waals surface area contributed by atoms with Gasteiger partial charge in [-0.25, -0.2) is 13.2 Å². The molecule has 8 nitrogen and oxygen atoms in total. The summed E-state index contributed by atoms with van der Waals surface area (Å²) in [5.41, 5.74) is -1.02. The lowest BCUT2D eigenvalue weighted by Crippen LogP contribution is -2.40. The Hall–Kier alpha value is -2.96. The van der Waals surface area contributed by atoms with Crippen molar-refractivity contribution in [1.82, 2.24) is 4.31 Å². The standard InChI is InChI=1S/C20H19F3N2O6S/c21-20(22,23)15-2-1-3-16(12-15)24-18(26)13-31-19(27)14-4-6-17(7-5-14)32(28,29)25-8-10-30-11-9-25/h1-7,12H,8-11,13H2,(H,24,26). The van der Waals surface area contributed by atoms with E-state index in [-0.39, 0.29) is 29.2 Å². The Morgan fingerprint density at radius 3 is 2.34 bits per heavy atom. The molecule has 3 rings (SSSR count). The van der Waals surface area contributed by atoms with Gasteiger partial charge in [0.25, 0.3) is 5.91 Å². The molecule has 0 spiro atoms. The molecular formula is C20H19F3N2O6S. The van der Waals surface area contributed by atoms with E-state index < -0.39 is 40.2 Å². The van der Waals surface area contributed by atoms with Crippen molar-refractivity contribution in [1.29, 1.82) is 0 Å². The van der Waals surface area contributed by atoms with Gasteiger partial charge in [0.2, 0.25) is 10.0 Å². The Kier molecular flexibility index (Phi) is 7.16. The summed E-state index contributed by atoms with van der Waals surface area (Å²) in [5.74, 6) is -1.72. The second kappa shape index (κ2) is 9.67. The van der Waals surface area contributed by atoms with Crippen LogP contribution in [0.1, 0.15) is 15.9 Å². The van der Waals surface area contributed by atoms with E-state index >= 15 is 0 Å². The van der Waals surface area contributed by atoms with E-state index in [4.69, 9.17) is 9.47 Å². The number of esters is 1. The molecule has 0 aromatic heterocycles. The van der Waals surface area contributed by atoms with Gasteiger partial charge in [0, 0.05) is 18.8 Å². The first-order valence-corrected chi connectivity index (χ1v) is 10.8. The Labute approximate surface area is 182 Å². The van der Waals surface area contributed by atoms with E-state index in [0.29, 0.717) is 13.2 Å². The molecule has 12 heteroatoms. The molecule has 0 atom stereocenters. The highest BCUT2D eigenvalue weighted by atomic mass is 32.2. The summed E-state index contributed by atoms with van der Waals surface area (Å²) < 4.78 is 74.6. The Balaban J connectivity index is 1.56. The number of sulfonamides is 1. The summed E-state index contributed by atoms with van der Waals surface area (Å²) in [6, 6.07) is 9.03. The first-order chi connectivity index (χ1) is 15.1. The monoisotopic (exact) mass is 472 g/mol. The van der Waals surface area contributed by atoms with Crippen LogP contribution in [0.15, 0.2) is 53.4 Å². The number of nitrogens with one attached hydrogen (secondary N) is 1. The highest BCUT2D eigenvalue weighted by molar-refractivity contribution is 7.89. The van der Waals surface area contributed by atoms with Gasteiger partial charge in [-0.1, -0.05) is 6.07 Å². The minimum Gasteiger partial charge on any atom is -0.452 e. The summed E-state index contributed by atoms with van der Waals surface area (Å²) in [7, 11) is -3.72. The predicted molar refractivity (Wildman–Crippen MR) is 106 cm³/mol. The van der Waals surface area contributed by atoms with Crippen LogP contribution >= 0.6 is 0 Å². The van der Waals surface area contributed by atoms with Crippen LogP contribution in [-0.4, -0.2) is 57.5 Å². The fourth-order valence-electron chi connectivity index (χ4n) is 2.88. The third-order valence-corrected chi connectivity index (χ3v) is 6.42. The van der Waals surface area contributed by atoms with Crippen molar-refractivity contribution >= 4 is 27.6 Å². The van der Waals surface area contributed by atoms with E-state index in [2.05, 4.69) is 5.32 Å². The van der Waals surface area contributed by atoms with Crippen LogP contribution in [0.2, 0.25) is 0 Å². The van der Waals surface area contributed by atoms with Gasteiger partial charge in [0.15, 0.2) is 6.61 Å². The highest BCUT2D eigenvalue weighted by Crippen LogP contribution is 2.30. The average molecular weight is 472 g/mol. The summed E-state index contributed by atoms with van der Waals surface area (Å²) in [6.45, 7) is 0.321. The van der Waals surface area contributed by atoms with Gasteiger partial charge < -0.3 is 14.8 Å². The molecule has 0 bridgehead atoms. The molecular weight excluding hydrogens is 453 g/mol. The number of morpholine rings is 1. The maximum Gasteiger partial charge on any atom is 0.416 e. The number of carbonyl (C=O) groups is 2. The van der Waals surface area contributed by atoms with Gasteiger partial charge in [-0.3, -0.25) is 4.79 Å². The van der Waals surface area contributed by atoms with E-state index in [0.717, 1.165) is 18.2 Å². The minimum absolute atomic E-state index is 0.00163. The molecule has 0 saturated carbocycles. The van der Waals surface area contributed by atoms with Gasteiger partial charge in [0.1, 0.15) is 0 Å². The number of alkyl halides is 3. The number of rotatable bonds is 6. The second-order valence-electron chi connectivity index (χ2n) is 6.74. The molecule has 0 unspecified atom stereocenters. The summed E-state index contributed by atoms with van der Waals surface area (Å²) in [4.78, 5) is 24.0. The molecule has 32 heavy (non-hydrogen) atoms. The Bertz CT molecular complexity index is 1080. The third kappa shape index (κ3) is 5.84. The van der Waals surface area contributed by atoms with Crippen molar-refractivity contribution in [3.8, 4) is 0 Å². The molecule has 1 heterocycles. The molecule has 1 fully saturated rings. The van der Waals surface area contributed by atoms with Crippen LogP contribution in [0.3, 0.4) is 0 Å². The van der Waals surface area contributed by atoms with Crippen LogP contribution in [0.5, 0.6) is 0 Å². The fourth-order valence-corrected chi connectivity index (χ4v) is 4.29. The Morgan fingerprint density at radius 1 is 1.06 bits per heavy atom. The topological polar surface area (TPSA) is 102 Å². The van der Waals surface area contributed by atoms with Gasteiger partial charge in [-0.05, 0) is 42.5 Å². The zero-order valence-electron chi connectivity index (χ0n) is 16.6. The lowest BCUT2D eigenvalue weighted by atomic mass is 10.2. The zero-order valence-corrected chi connectivity index (χ0v) is 17.4. The van der Waals surface area contributed by atoms with Crippen molar-refractivity contribution in [3.63, 3.8) is 0 Å². The van der Waals surface area contributed by atoms with E-state index in [1.165, 1.54) is 34.6 Å². The molecule has 2 aromatic rings. The van der Waals surface area contributed by atoms with Crippen LogP contribution in [0.4, 0.5) is 18.9 Å². The molecule has 1 aliphatic rings. The summed E-state index contributed by atoms with van der Waals surface area (Å²) in [5, 5.41) is 2.22. The lowest BCUT2D eigenvalue weighted by Gasteiger charge is -2.26. The second-order valence-corrected chi connectivity index (χ2v) is 8.68. The molecule has 1 amide bonds. The molecule has 1 N–H and O–H groups in total. The van der Waals surface area contributed by atoms with Gasteiger partial charge in [-0.15, -0.1) is 0 Å². The van der Waals surface area contributed by atoms with E-state index in [1.54, 1.807) is 0 Å². The normalized spacial score (nSPS) is 15.2. The average Bonchev–Trinajstić information content (AvgIpc) is 2.78. The van der Waals surface area contributed by atoms with Crippen LogP contribution < -0.4 is 5.32 Å². The fraction of sp³-hybridized carbons (Fsp3) is 0.300. The van der Waals surface area contributed by atoms with Crippen LogP contribution in [0.25, 0.3) is 0 Å². The SMILES string of the molecule is O=C(COC(=O)c1ccc(S(=O)(=O)N2CCOCC2)cc1)Nc1cccc(C(F)(F)F)c1. The zero-order chi connectivity index (χ0) is 23.4. The number of hydrogen-bond acceptors (Lipinski definition) is 6. The third-order valence-electron chi connectivity index (χ3n) is 4.51. The van der Waals surface area contributed by atoms with E-state index in [1.807, 2.05) is 0 Å². The number of ether oxygens (including phenoxy) is 2. The summed E-state index contributed by atoms with van der Waals surface area (Å²) in [6.07, 6.45) is -4.56. The quantitative estimate of drug-likeness (QED) is 0.649. The molecule has 0 radical (unpaired) electrons. The number of nitrogens with zero attached hydrogens (tertiary/aromatic N) is 1. The number of anilines is 1. The van der Waals surface area contributed by atoms with Crippen molar-refractivity contribution in [2.45, 2.75) is 11.1 Å². The molecule has 1 aliphatic heterocycles. The van der Waals surface area contributed by atoms with Crippen molar-refractivity contribution in [2.75, 3.05) is 38.2 Å².